The Kier molecular flexibility index (Phi) is 6.84. The summed E-state index contributed by atoms with van der Waals surface area (Å²) >= 11 is 0. The van der Waals surface area contributed by atoms with Crippen molar-refractivity contribution in [3.8, 4) is 0 Å². The highest BCUT2D eigenvalue weighted by Gasteiger charge is 2.08. The SMILES string of the molecule is CCCCCCCCCc1ncn(C(C)C)c1N. The van der Waals surface area contributed by atoms with Crippen molar-refractivity contribution in [3.05, 3.63) is 12.0 Å². The van der Waals surface area contributed by atoms with E-state index in [9.17, 15) is 0 Å². The van der Waals surface area contributed by atoms with E-state index in [-0.39, 0.29) is 0 Å². The van der Waals surface area contributed by atoms with Crippen LogP contribution < -0.4 is 5.73 Å². The monoisotopic (exact) mass is 251 g/mol. The Balaban J connectivity index is 2.19. The van der Waals surface area contributed by atoms with Crippen molar-refractivity contribution in [2.45, 2.75) is 78.2 Å². The van der Waals surface area contributed by atoms with Gasteiger partial charge in [-0.25, -0.2) is 4.98 Å². The largest absolute Gasteiger partial charge is 0.384 e. The second-order valence-electron chi connectivity index (χ2n) is 5.45. The van der Waals surface area contributed by atoms with E-state index >= 15 is 0 Å². The molecule has 0 radical (unpaired) electrons. The normalized spacial score (nSPS) is 11.3. The summed E-state index contributed by atoms with van der Waals surface area (Å²) in [6.45, 7) is 6.53. The first-order valence-corrected chi connectivity index (χ1v) is 7.48. The first-order valence-electron chi connectivity index (χ1n) is 7.48. The molecule has 0 atom stereocenters. The minimum Gasteiger partial charge on any atom is -0.384 e. The minimum absolute atomic E-state index is 0.403. The van der Waals surface area contributed by atoms with Crippen LogP contribution in [0.25, 0.3) is 0 Å². The maximum Gasteiger partial charge on any atom is 0.126 e. The summed E-state index contributed by atoms with van der Waals surface area (Å²) in [5, 5.41) is 0. The number of nitrogens with two attached hydrogens (primary N) is 1. The van der Waals surface area contributed by atoms with Crippen molar-refractivity contribution in [1.29, 1.82) is 0 Å². The summed E-state index contributed by atoms with van der Waals surface area (Å²) < 4.78 is 2.05. The average Bonchev–Trinajstić information content (AvgIpc) is 2.70. The van der Waals surface area contributed by atoms with Gasteiger partial charge in [0.05, 0.1) is 12.0 Å². The van der Waals surface area contributed by atoms with Gasteiger partial charge >= 0.3 is 0 Å². The number of hydrogen-bond acceptors (Lipinski definition) is 2. The number of rotatable bonds is 9. The molecule has 104 valence electrons. The van der Waals surface area contributed by atoms with Crippen LogP contribution in [0, 0.1) is 0 Å². The molecule has 0 unspecified atom stereocenters. The molecule has 2 N–H and O–H groups in total. The van der Waals surface area contributed by atoms with Gasteiger partial charge in [0.25, 0.3) is 0 Å². The van der Waals surface area contributed by atoms with Gasteiger partial charge in [0.1, 0.15) is 5.82 Å². The topological polar surface area (TPSA) is 43.8 Å². The Morgan fingerprint density at radius 3 is 2.28 bits per heavy atom. The van der Waals surface area contributed by atoms with Crippen LogP contribution in [0.2, 0.25) is 0 Å². The highest BCUT2D eigenvalue weighted by molar-refractivity contribution is 5.36. The molecule has 0 fully saturated rings. The van der Waals surface area contributed by atoms with Crippen molar-refractivity contribution in [3.63, 3.8) is 0 Å². The van der Waals surface area contributed by atoms with Crippen molar-refractivity contribution in [2.75, 3.05) is 5.73 Å². The van der Waals surface area contributed by atoms with Gasteiger partial charge in [-0.1, -0.05) is 45.4 Å². The lowest BCUT2D eigenvalue weighted by Gasteiger charge is -2.08. The Morgan fingerprint density at radius 2 is 1.72 bits per heavy atom. The fraction of sp³-hybridized carbons (Fsp3) is 0.800. The summed E-state index contributed by atoms with van der Waals surface area (Å²) in [5.41, 5.74) is 7.17. The zero-order valence-corrected chi connectivity index (χ0v) is 12.3. The molecule has 0 aliphatic rings. The molecule has 1 heterocycles. The molecule has 18 heavy (non-hydrogen) atoms. The van der Waals surface area contributed by atoms with E-state index in [1.165, 1.54) is 44.9 Å². The molecule has 0 saturated heterocycles. The van der Waals surface area contributed by atoms with Gasteiger partial charge in [-0.3, -0.25) is 0 Å². The third kappa shape index (κ3) is 4.71. The van der Waals surface area contributed by atoms with Gasteiger partial charge in [-0.2, -0.15) is 0 Å². The lowest BCUT2D eigenvalue weighted by molar-refractivity contribution is 0.587. The van der Waals surface area contributed by atoms with Crippen LogP contribution in [0.1, 0.15) is 77.5 Å². The first-order chi connectivity index (χ1) is 8.66. The smallest absolute Gasteiger partial charge is 0.126 e. The molecule has 0 spiro atoms. The Hall–Kier alpha value is -0.990. The van der Waals surface area contributed by atoms with Gasteiger partial charge in [0, 0.05) is 6.04 Å². The van der Waals surface area contributed by atoms with Crippen LogP contribution in [0.15, 0.2) is 6.33 Å². The van der Waals surface area contributed by atoms with E-state index in [0.29, 0.717) is 6.04 Å². The quantitative estimate of drug-likeness (QED) is 0.663. The highest BCUT2D eigenvalue weighted by atomic mass is 15.1. The van der Waals surface area contributed by atoms with E-state index in [0.717, 1.165) is 17.9 Å². The van der Waals surface area contributed by atoms with E-state index in [1.54, 1.807) is 0 Å². The Labute approximate surface area is 112 Å². The number of anilines is 1. The van der Waals surface area contributed by atoms with Crippen molar-refractivity contribution >= 4 is 5.82 Å². The second-order valence-corrected chi connectivity index (χ2v) is 5.45. The molecule has 0 aromatic carbocycles. The Morgan fingerprint density at radius 1 is 1.11 bits per heavy atom. The first kappa shape index (κ1) is 15.1. The standard InChI is InChI=1S/C15H29N3/c1-4-5-6-7-8-9-10-11-14-15(16)18(12-17-14)13(2)3/h12-13H,4-11,16H2,1-3H3. The maximum absolute atomic E-state index is 6.09. The van der Waals surface area contributed by atoms with Gasteiger partial charge in [-0.05, 0) is 26.7 Å². The lowest BCUT2D eigenvalue weighted by atomic mass is 10.1. The molecule has 0 aliphatic carbocycles. The van der Waals surface area contributed by atoms with E-state index in [2.05, 4.69) is 30.3 Å². The van der Waals surface area contributed by atoms with E-state index < -0.39 is 0 Å². The molecule has 1 aromatic rings. The van der Waals surface area contributed by atoms with Gasteiger partial charge in [-0.15, -0.1) is 0 Å². The zero-order valence-electron chi connectivity index (χ0n) is 12.3. The summed E-state index contributed by atoms with van der Waals surface area (Å²) in [4.78, 5) is 4.42. The third-order valence-electron chi connectivity index (χ3n) is 3.49. The lowest BCUT2D eigenvalue weighted by Crippen LogP contribution is -2.05. The number of unbranched alkanes of at least 4 members (excludes halogenated alkanes) is 6. The minimum atomic E-state index is 0.403. The molecule has 1 aromatic heterocycles. The van der Waals surface area contributed by atoms with Crippen LogP contribution in [-0.4, -0.2) is 9.55 Å². The van der Waals surface area contributed by atoms with Crippen LogP contribution in [0.3, 0.4) is 0 Å². The Bertz CT molecular complexity index is 328. The van der Waals surface area contributed by atoms with Crippen molar-refractivity contribution in [1.82, 2.24) is 9.55 Å². The molecule has 3 nitrogen and oxygen atoms in total. The molecule has 0 aliphatic heterocycles. The number of nitrogens with zero attached hydrogens (tertiary/aromatic N) is 2. The number of aromatic nitrogens is 2. The molecular formula is C15H29N3. The zero-order chi connectivity index (χ0) is 13.4. The molecule has 1 rings (SSSR count). The van der Waals surface area contributed by atoms with Crippen LogP contribution in [-0.2, 0) is 6.42 Å². The van der Waals surface area contributed by atoms with Crippen LogP contribution in [0.5, 0.6) is 0 Å². The number of nitrogen functional groups attached to an aromatic ring is 1. The fourth-order valence-corrected chi connectivity index (χ4v) is 2.26. The third-order valence-corrected chi connectivity index (χ3v) is 3.49. The summed E-state index contributed by atoms with van der Waals surface area (Å²) in [6.07, 6.45) is 12.2. The van der Waals surface area contributed by atoms with Crippen LogP contribution in [0.4, 0.5) is 5.82 Å². The van der Waals surface area contributed by atoms with Gasteiger partial charge in [0.15, 0.2) is 0 Å². The van der Waals surface area contributed by atoms with E-state index in [1.807, 2.05) is 6.33 Å². The second kappa shape index (κ2) is 8.17. The molecule has 3 heteroatoms. The van der Waals surface area contributed by atoms with Crippen LogP contribution >= 0.6 is 0 Å². The highest BCUT2D eigenvalue weighted by Crippen LogP contribution is 2.18. The predicted molar refractivity (Wildman–Crippen MR) is 78.7 cm³/mol. The number of aryl methyl sites for hydroxylation is 1. The van der Waals surface area contributed by atoms with E-state index in [4.69, 9.17) is 5.73 Å². The van der Waals surface area contributed by atoms with Gasteiger partial charge < -0.3 is 10.3 Å². The van der Waals surface area contributed by atoms with Crippen molar-refractivity contribution in [2.24, 2.45) is 0 Å². The predicted octanol–water partition coefficient (Wildman–Crippen LogP) is 4.34. The number of imidazole rings is 1. The maximum atomic E-state index is 6.09. The fourth-order valence-electron chi connectivity index (χ4n) is 2.26. The molecule has 0 bridgehead atoms. The summed E-state index contributed by atoms with van der Waals surface area (Å²) in [5.74, 6) is 0.857. The number of hydrogen-bond donors (Lipinski definition) is 1. The molecule has 0 saturated carbocycles. The average molecular weight is 251 g/mol. The summed E-state index contributed by atoms with van der Waals surface area (Å²) in [7, 11) is 0. The molecular weight excluding hydrogens is 222 g/mol. The van der Waals surface area contributed by atoms with Crippen molar-refractivity contribution < 1.29 is 0 Å². The van der Waals surface area contributed by atoms with Gasteiger partial charge in [0.2, 0.25) is 0 Å². The summed E-state index contributed by atoms with van der Waals surface area (Å²) in [6, 6.07) is 0.403. The molecule has 0 amide bonds.